The Hall–Kier alpha value is -0.390. The first-order valence-electron chi connectivity index (χ1n) is 8.83. The van der Waals surface area contributed by atoms with E-state index in [1.54, 1.807) is 11.8 Å². The Kier molecular flexibility index (Phi) is 13.6. The molecule has 0 aromatic rings. The summed E-state index contributed by atoms with van der Waals surface area (Å²) in [6.07, 6.45) is 11.5. The molecule has 0 aromatic heterocycles. The molecule has 0 aromatic carbocycles. The van der Waals surface area contributed by atoms with Crippen LogP contribution in [-0.2, 0) is 4.79 Å². The average Bonchev–Trinajstić information content (AvgIpc) is 2.53. The molecule has 0 fully saturated rings. The van der Waals surface area contributed by atoms with Gasteiger partial charge in [0.2, 0.25) is 5.91 Å². The standard InChI is InChI=1S/C19H36N2OS2/c1-14(2)16(7-9-17(20)13-23)8-10-18(15(3)4)19(22)21-11-6-12-24-5/h7-10,14-18,23H,6,11-13,20H2,1-5H3,(H,21,22)/b9-7+,10-8+. The van der Waals surface area contributed by atoms with Crippen molar-refractivity contribution in [1.82, 2.24) is 5.32 Å². The third-order valence-corrected chi connectivity index (χ3v) is 5.07. The second kappa shape index (κ2) is 13.9. The van der Waals surface area contributed by atoms with Crippen LogP contribution in [0.4, 0.5) is 0 Å². The Bertz CT molecular complexity index is 395. The summed E-state index contributed by atoms with van der Waals surface area (Å²) in [4.78, 5) is 12.4. The van der Waals surface area contributed by atoms with Crippen LogP contribution in [-0.4, -0.2) is 36.3 Å². The van der Waals surface area contributed by atoms with Gasteiger partial charge >= 0.3 is 0 Å². The molecule has 0 aliphatic heterocycles. The molecule has 3 unspecified atom stereocenters. The lowest BCUT2D eigenvalue weighted by atomic mass is 9.89. The van der Waals surface area contributed by atoms with Crippen LogP contribution in [0.3, 0.4) is 0 Å². The van der Waals surface area contributed by atoms with Crippen molar-refractivity contribution in [3.63, 3.8) is 0 Å². The molecule has 1 amide bonds. The van der Waals surface area contributed by atoms with Gasteiger partial charge in [0, 0.05) is 18.3 Å². The van der Waals surface area contributed by atoms with Crippen LogP contribution in [0.2, 0.25) is 0 Å². The van der Waals surface area contributed by atoms with Gasteiger partial charge in [-0.3, -0.25) is 4.79 Å². The van der Waals surface area contributed by atoms with Gasteiger partial charge in [-0.1, -0.05) is 52.0 Å². The Morgan fingerprint density at radius 2 is 1.75 bits per heavy atom. The number of allylic oxidation sites excluding steroid dienone is 2. The van der Waals surface area contributed by atoms with Crippen LogP contribution in [0.25, 0.3) is 0 Å². The Labute approximate surface area is 158 Å². The lowest BCUT2D eigenvalue weighted by Gasteiger charge is -2.19. The fourth-order valence-electron chi connectivity index (χ4n) is 2.25. The highest BCUT2D eigenvalue weighted by atomic mass is 32.2. The Morgan fingerprint density at radius 1 is 1.12 bits per heavy atom. The largest absolute Gasteiger partial charge is 0.356 e. The zero-order chi connectivity index (χ0) is 18.5. The predicted molar refractivity (Wildman–Crippen MR) is 113 cm³/mol. The topological polar surface area (TPSA) is 55.1 Å². The number of carbonyl (C=O) groups excluding carboxylic acids is 1. The molecule has 0 saturated heterocycles. The molecule has 3 atom stereocenters. The van der Waals surface area contributed by atoms with Crippen molar-refractivity contribution in [3.8, 4) is 0 Å². The van der Waals surface area contributed by atoms with Gasteiger partial charge in [0.15, 0.2) is 0 Å². The van der Waals surface area contributed by atoms with Gasteiger partial charge in [0.05, 0.1) is 5.92 Å². The Morgan fingerprint density at radius 3 is 2.25 bits per heavy atom. The molecule has 3 nitrogen and oxygen atoms in total. The van der Waals surface area contributed by atoms with Crippen molar-refractivity contribution in [1.29, 1.82) is 0 Å². The second-order valence-electron chi connectivity index (χ2n) is 6.84. The van der Waals surface area contributed by atoms with Crippen molar-refractivity contribution in [2.45, 2.75) is 40.2 Å². The monoisotopic (exact) mass is 372 g/mol. The zero-order valence-electron chi connectivity index (χ0n) is 15.9. The van der Waals surface area contributed by atoms with E-state index < -0.39 is 0 Å². The molecular weight excluding hydrogens is 336 g/mol. The van der Waals surface area contributed by atoms with E-state index in [0.29, 0.717) is 11.7 Å². The molecule has 0 bridgehead atoms. The van der Waals surface area contributed by atoms with Gasteiger partial charge in [0.1, 0.15) is 0 Å². The number of hydrogen-bond donors (Lipinski definition) is 3. The molecule has 0 heterocycles. The van der Waals surface area contributed by atoms with Crippen molar-refractivity contribution < 1.29 is 4.79 Å². The van der Waals surface area contributed by atoms with Gasteiger partial charge in [-0.15, -0.1) is 0 Å². The summed E-state index contributed by atoms with van der Waals surface area (Å²) in [5, 5.41) is 3.06. The highest BCUT2D eigenvalue weighted by Gasteiger charge is 2.19. The minimum Gasteiger partial charge on any atom is -0.356 e. The zero-order valence-corrected chi connectivity index (χ0v) is 17.6. The molecule has 0 aliphatic carbocycles. The van der Waals surface area contributed by atoms with Gasteiger partial charge < -0.3 is 11.1 Å². The van der Waals surface area contributed by atoms with E-state index in [-0.39, 0.29) is 29.7 Å². The minimum absolute atomic E-state index is 0.0244. The molecule has 140 valence electrons. The third kappa shape index (κ3) is 10.5. The minimum atomic E-state index is -0.0903. The molecule has 0 radical (unpaired) electrons. The number of rotatable bonds is 12. The van der Waals surface area contributed by atoms with Crippen LogP contribution >= 0.6 is 24.4 Å². The lowest BCUT2D eigenvalue weighted by molar-refractivity contribution is -0.124. The maximum absolute atomic E-state index is 12.4. The van der Waals surface area contributed by atoms with E-state index in [4.69, 9.17) is 5.73 Å². The first kappa shape index (κ1) is 23.6. The SMILES string of the molecule is CSCCCNC(=O)C(/C=C/C(/C=C/C(N)CS)C(C)C)C(C)C. The average molecular weight is 373 g/mol. The molecular formula is C19H36N2OS2. The van der Waals surface area contributed by atoms with Crippen molar-refractivity contribution >= 4 is 30.3 Å². The third-order valence-electron chi connectivity index (χ3n) is 3.95. The van der Waals surface area contributed by atoms with E-state index in [9.17, 15) is 4.79 Å². The summed E-state index contributed by atoms with van der Waals surface area (Å²) in [6, 6.07) is -0.0244. The quantitative estimate of drug-likeness (QED) is 0.278. The number of hydrogen-bond acceptors (Lipinski definition) is 4. The number of thioether (sulfide) groups is 1. The number of amides is 1. The van der Waals surface area contributed by atoms with Crippen molar-refractivity contribution in [2.24, 2.45) is 29.4 Å². The van der Waals surface area contributed by atoms with Crippen LogP contribution in [0, 0.1) is 23.7 Å². The molecule has 5 heteroatoms. The molecule has 3 N–H and O–H groups in total. The first-order chi connectivity index (χ1) is 11.3. The second-order valence-corrected chi connectivity index (χ2v) is 8.20. The van der Waals surface area contributed by atoms with Crippen LogP contribution < -0.4 is 11.1 Å². The fraction of sp³-hybridized carbons (Fsp3) is 0.737. The van der Waals surface area contributed by atoms with E-state index in [1.165, 1.54) is 0 Å². The van der Waals surface area contributed by atoms with E-state index >= 15 is 0 Å². The summed E-state index contributed by atoms with van der Waals surface area (Å²) >= 11 is 6.01. The van der Waals surface area contributed by atoms with E-state index in [0.717, 1.165) is 18.7 Å². The highest BCUT2D eigenvalue weighted by molar-refractivity contribution is 7.98. The number of nitrogens with two attached hydrogens (primary N) is 1. The lowest BCUT2D eigenvalue weighted by Crippen LogP contribution is -2.33. The molecule has 0 aliphatic rings. The van der Waals surface area contributed by atoms with Gasteiger partial charge in [0.25, 0.3) is 0 Å². The summed E-state index contributed by atoms with van der Waals surface area (Å²) in [5.41, 5.74) is 5.90. The fourth-order valence-corrected chi connectivity index (χ4v) is 2.80. The number of thiol groups is 1. The predicted octanol–water partition coefficient (Wildman–Crippen LogP) is 3.77. The smallest absolute Gasteiger partial charge is 0.227 e. The van der Waals surface area contributed by atoms with Crippen LogP contribution in [0.1, 0.15) is 34.1 Å². The summed E-state index contributed by atoms with van der Waals surface area (Å²) in [7, 11) is 0. The molecule has 0 spiro atoms. The van der Waals surface area contributed by atoms with Gasteiger partial charge in [-0.2, -0.15) is 24.4 Å². The van der Waals surface area contributed by atoms with Crippen molar-refractivity contribution in [2.75, 3.05) is 24.3 Å². The maximum atomic E-state index is 12.4. The number of nitrogens with one attached hydrogen (secondary N) is 1. The van der Waals surface area contributed by atoms with Gasteiger partial charge in [-0.05, 0) is 36.2 Å². The highest BCUT2D eigenvalue weighted by Crippen LogP contribution is 2.19. The van der Waals surface area contributed by atoms with Gasteiger partial charge in [-0.25, -0.2) is 0 Å². The van der Waals surface area contributed by atoms with Crippen LogP contribution in [0.5, 0.6) is 0 Å². The van der Waals surface area contributed by atoms with E-state index in [2.05, 4.69) is 70.1 Å². The summed E-state index contributed by atoms with van der Waals surface area (Å²) < 4.78 is 0. The van der Waals surface area contributed by atoms with Crippen LogP contribution in [0.15, 0.2) is 24.3 Å². The first-order valence-corrected chi connectivity index (χ1v) is 10.9. The summed E-state index contributed by atoms with van der Waals surface area (Å²) in [5.74, 6) is 2.77. The molecule has 24 heavy (non-hydrogen) atoms. The van der Waals surface area contributed by atoms with E-state index in [1.807, 2.05) is 6.08 Å². The number of carbonyl (C=O) groups is 1. The summed E-state index contributed by atoms with van der Waals surface area (Å²) in [6.45, 7) is 9.29. The molecule has 0 rings (SSSR count). The maximum Gasteiger partial charge on any atom is 0.227 e. The Balaban J connectivity index is 4.82. The normalized spacial score (nSPS) is 16.2. The van der Waals surface area contributed by atoms with Crippen molar-refractivity contribution in [3.05, 3.63) is 24.3 Å². The molecule has 0 saturated carbocycles.